The minimum absolute atomic E-state index is 0.100. The lowest BCUT2D eigenvalue weighted by atomic mass is 10.1. The van der Waals surface area contributed by atoms with E-state index < -0.39 is 45.1 Å². The van der Waals surface area contributed by atoms with E-state index in [9.17, 15) is 26.4 Å². The summed E-state index contributed by atoms with van der Waals surface area (Å²) in [6.07, 6.45) is 3.97. The average Bonchev–Trinajstić information content (AvgIpc) is 2.69. The molecule has 0 saturated heterocycles. The summed E-state index contributed by atoms with van der Waals surface area (Å²) in [6, 6.07) is 5.02. The second-order valence-electron chi connectivity index (χ2n) is 7.32. The topological polar surface area (TPSA) is 84.5 Å². The maximum Gasteiger partial charge on any atom is 0.244 e. The summed E-state index contributed by atoms with van der Waals surface area (Å²) in [7, 11) is -3.87. The van der Waals surface area contributed by atoms with E-state index in [1.54, 1.807) is 4.72 Å². The van der Waals surface area contributed by atoms with E-state index in [2.05, 4.69) is 5.32 Å². The van der Waals surface area contributed by atoms with Gasteiger partial charge in [-0.1, -0.05) is 6.92 Å². The Labute approximate surface area is 185 Å². The van der Waals surface area contributed by atoms with Crippen LogP contribution in [0.15, 0.2) is 36.4 Å². The van der Waals surface area contributed by atoms with E-state index in [0.717, 1.165) is 18.4 Å². The molecule has 2 aromatic rings. The Hall–Kier alpha value is -3.01. The molecule has 0 aliphatic rings. The summed E-state index contributed by atoms with van der Waals surface area (Å²) < 4.78 is 71.9. The van der Waals surface area contributed by atoms with Crippen molar-refractivity contribution < 1.29 is 31.1 Å². The SMILES string of the molecule is CCC(C)Oc1cc(F)ccc1/C=C/C(=O)NC(C)c1cc(F)c(NS(C)(=O)=O)c(F)c1. The number of hydrogen-bond donors (Lipinski definition) is 2. The van der Waals surface area contributed by atoms with Crippen molar-refractivity contribution in [3.8, 4) is 5.75 Å². The van der Waals surface area contributed by atoms with Crippen molar-refractivity contribution in [3.63, 3.8) is 0 Å². The Morgan fingerprint density at radius 1 is 1.12 bits per heavy atom. The maximum atomic E-state index is 14.2. The molecule has 0 aliphatic heterocycles. The van der Waals surface area contributed by atoms with E-state index >= 15 is 0 Å². The first-order valence-electron chi connectivity index (χ1n) is 9.81. The molecule has 6 nitrogen and oxygen atoms in total. The molecule has 0 aliphatic carbocycles. The van der Waals surface area contributed by atoms with Crippen LogP contribution < -0.4 is 14.8 Å². The Bertz CT molecular complexity index is 1100. The number of amides is 1. The van der Waals surface area contributed by atoms with Gasteiger partial charge < -0.3 is 10.1 Å². The van der Waals surface area contributed by atoms with Crippen LogP contribution in [0.5, 0.6) is 5.75 Å². The molecule has 2 rings (SSSR count). The summed E-state index contributed by atoms with van der Waals surface area (Å²) in [5.41, 5.74) is -0.203. The highest BCUT2D eigenvalue weighted by atomic mass is 32.2. The van der Waals surface area contributed by atoms with Crippen molar-refractivity contribution in [1.82, 2.24) is 5.32 Å². The normalized spacial score (nSPS) is 13.6. The van der Waals surface area contributed by atoms with Gasteiger partial charge in [0, 0.05) is 17.7 Å². The minimum Gasteiger partial charge on any atom is -0.490 e. The van der Waals surface area contributed by atoms with Crippen LogP contribution in [0.1, 0.15) is 44.4 Å². The van der Waals surface area contributed by atoms with Crippen LogP contribution in [0.3, 0.4) is 0 Å². The van der Waals surface area contributed by atoms with Crippen LogP contribution in [0.25, 0.3) is 6.08 Å². The molecule has 2 unspecified atom stereocenters. The molecule has 32 heavy (non-hydrogen) atoms. The predicted octanol–water partition coefficient (Wildman–Crippen LogP) is 4.54. The van der Waals surface area contributed by atoms with Crippen molar-refractivity contribution >= 4 is 27.7 Å². The summed E-state index contributed by atoms with van der Waals surface area (Å²) in [4.78, 5) is 12.3. The standard InChI is InChI=1S/C22H25F3N2O4S/c1-5-13(2)31-20-12-17(23)8-6-15(20)7-9-21(28)26-14(3)16-10-18(24)22(19(25)11-16)27-32(4,29)30/h6-14,27H,5H2,1-4H3,(H,26,28)/b9-7+. The largest absolute Gasteiger partial charge is 0.490 e. The van der Waals surface area contributed by atoms with E-state index in [0.29, 0.717) is 12.0 Å². The first kappa shape index (κ1) is 25.3. The third-order valence-corrected chi connectivity index (χ3v) is 5.08. The van der Waals surface area contributed by atoms with Gasteiger partial charge in [0.1, 0.15) is 17.3 Å². The molecule has 0 radical (unpaired) electrons. The van der Waals surface area contributed by atoms with Crippen LogP contribution in [-0.2, 0) is 14.8 Å². The quantitative estimate of drug-likeness (QED) is 0.527. The van der Waals surface area contributed by atoms with Gasteiger partial charge in [-0.2, -0.15) is 0 Å². The molecule has 0 saturated carbocycles. The molecule has 174 valence electrons. The summed E-state index contributed by atoms with van der Waals surface area (Å²) in [5, 5.41) is 2.56. The molecule has 10 heteroatoms. The third kappa shape index (κ3) is 7.30. The van der Waals surface area contributed by atoms with E-state index in [4.69, 9.17) is 4.74 Å². The van der Waals surface area contributed by atoms with Gasteiger partial charge >= 0.3 is 0 Å². The fraction of sp³-hybridized carbons (Fsp3) is 0.318. The molecular formula is C22H25F3N2O4S. The number of carbonyl (C=O) groups is 1. The van der Waals surface area contributed by atoms with Gasteiger partial charge in [0.25, 0.3) is 0 Å². The monoisotopic (exact) mass is 470 g/mol. The van der Waals surface area contributed by atoms with Crippen molar-refractivity contribution in [3.05, 3.63) is 65.0 Å². The van der Waals surface area contributed by atoms with Gasteiger partial charge in [-0.15, -0.1) is 0 Å². The molecule has 0 heterocycles. The van der Waals surface area contributed by atoms with Gasteiger partial charge in [-0.25, -0.2) is 21.6 Å². The van der Waals surface area contributed by atoms with Crippen molar-refractivity contribution in [2.75, 3.05) is 11.0 Å². The molecule has 0 spiro atoms. The zero-order valence-corrected chi connectivity index (χ0v) is 18.9. The van der Waals surface area contributed by atoms with E-state index in [1.807, 2.05) is 13.8 Å². The number of carbonyl (C=O) groups excluding carboxylic acids is 1. The highest BCUT2D eigenvalue weighted by Crippen LogP contribution is 2.26. The Balaban J connectivity index is 2.14. The smallest absolute Gasteiger partial charge is 0.244 e. The van der Waals surface area contributed by atoms with E-state index in [1.165, 1.54) is 37.3 Å². The average molecular weight is 471 g/mol. The number of anilines is 1. The second-order valence-corrected chi connectivity index (χ2v) is 9.06. The summed E-state index contributed by atoms with van der Waals surface area (Å²) in [5.74, 6) is -2.97. The molecular weight excluding hydrogens is 445 g/mol. The lowest BCUT2D eigenvalue weighted by Gasteiger charge is -2.16. The van der Waals surface area contributed by atoms with Crippen molar-refractivity contribution in [2.24, 2.45) is 0 Å². The predicted molar refractivity (Wildman–Crippen MR) is 117 cm³/mol. The van der Waals surface area contributed by atoms with Gasteiger partial charge in [0.2, 0.25) is 15.9 Å². The Morgan fingerprint density at radius 3 is 2.31 bits per heavy atom. The number of hydrogen-bond acceptors (Lipinski definition) is 4. The molecule has 1 amide bonds. The fourth-order valence-corrected chi connectivity index (χ4v) is 3.25. The zero-order valence-electron chi connectivity index (χ0n) is 18.1. The minimum atomic E-state index is -3.87. The van der Waals surface area contributed by atoms with Crippen LogP contribution in [0.2, 0.25) is 0 Å². The molecule has 2 atom stereocenters. The second kappa shape index (κ2) is 10.5. The fourth-order valence-electron chi connectivity index (χ4n) is 2.68. The molecule has 2 aromatic carbocycles. The number of rotatable bonds is 9. The summed E-state index contributed by atoms with van der Waals surface area (Å²) in [6.45, 7) is 5.27. The van der Waals surface area contributed by atoms with Crippen LogP contribution in [0.4, 0.5) is 18.9 Å². The first-order chi connectivity index (χ1) is 14.9. The number of ether oxygens (including phenoxy) is 1. The van der Waals surface area contributed by atoms with E-state index in [-0.39, 0.29) is 17.4 Å². The molecule has 0 aromatic heterocycles. The van der Waals surface area contributed by atoms with Gasteiger partial charge in [0.05, 0.1) is 18.4 Å². The Morgan fingerprint density at radius 2 is 1.75 bits per heavy atom. The first-order valence-corrected chi connectivity index (χ1v) is 11.7. The lowest BCUT2D eigenvalue weighted by molar-refractivity contribution is -0.117. The van der Waals surface area contributed by atoms with Gasteiger partial charge in [0.15, 0.2) is 11.6 Å². The highest BCUT2D eigenvalue weighted by molar-refractivity contribution is 7.92. The van der Waals surface area contributed by atoms with Crippen LogP contribution >= 0.6 is 0 Å². The maximum absolute atomic E-state index is 14.2. The highest BCUT2D eigenvalue weighted by Gasteiger charge is 2.18. The summed E-state index contributed by atoms with van der Waals surface area (Å²) >= 11 is 0. The third-order valence-electron chi connectivity index (χ3n) is 4.50. The number of nitrogens with one attached hydrogen (secondary N) is 2. The van der Waals surface area contributed by atoms with Crippen molar-refractivity contribution in [1.29, 1.82) is 0 Å². The Kier molecular flexibility index (Phi) is 8.31. The van der Waals surface area contributed by atoms with Crippen LogP contribution in [-0.4, -0.2) is 26.7 Å². The number of sulfonamides is 1. The van der Waals surface area contributed by atoms with Gasteiger partial charge in [-0.05, 0) is 56.2 Å². The zero-order chi connectivity index (χ0) is 24.1. The van der Waals surface area contributed by atoms with Crippen LogP contribution in [0, 0.1) is 17.5 Å². The van der Waals surface area contributed by atoms with Crippen molar-refractivity contribution in [2.45, 2.75) is 39.3 Å². The van der Waals surface area contributed by atoms with Gasteiger partial charge in [-0.3, -0.25) is 9.52 Å². The molecule has 2 N–H and O–H groups in total. The number of benzene rings is 2. The number of halogens is 3. The molecule has 0 bridgehead atoms. The molecule has 0 fully saturated rings. The lowest BCUT2D eigenvalue weighted by Crippen LogP contribution is -2.25.